The van der Waals surface area contributed by atoms with Crippen LogP contribution in [0.15, 0.2) is 54.7 Å². The van der Waals surface area contributed by atoms with Gasteiger partial charge in [0.2, 0.25) is 0 Å². The molecular formula is C36H60O4Si. The van der Waals surface area contributed by atoms with Crippen molar-refractivity contribution in [3.8, 4) is 17.2 Å². The average molecular weight is 585 g/mol. The van der Waals surface area contributed by atoms with Crippen molar-refractivity contribution in [1.82, 2.24) is 0 Å². The second-order valence-electron chi connectivity index (χ2n) is 12.3. The van der Waals surface area contributed by atoms with Gasteiger partial charge in [-0.1, -0.05) is 104 Å². The molecule has 0 aliphatic heterocycles. The Kier molecular flexibility index (Phi) is 18.4. The van der Waals surface area contributed by atoms with Crippen LogP contribution in [0.25, 0.3) is 0 Å². The van der Waals surface area contributed by atoms with Crippen molar-refractivity contribution in [2.24, 2.45) is 0 Å². The first kappa shape index (κ1) is 36.8. The number of hydrogen-bond donors (Lipinski definition) is 0. The first-order valence-corrected chi connectivity index (χ1v) is 18.3. The van der Waals surface area contributed by atoms with Gasteiger partial charge in [-0.25, -0.2) is 0 Å². The van der Waals surface area contributed by atoms with Crippen molar-refractivity contribution in [2.75, 3.05) is 0 Å². The van der Waals surface area contributed by atoms with Crippen LogP contribution in [-0.4, -0.2) is 20.4 Å². The zero-order valence-electron chi connectivity index (χ0n) is 27.7. The molecule has 0 heterocycles. The number of hydrogen-bond acceptors (Lipinski definition) is 4. The number of ether oxygens (including phenoxy) is 2. The second-order valence-corrected chi connectivity index (χ2v) is 17.7. The van der Waals surface area contributed by atoms with Gasteiger partial charge >= 0.3 is 5.97 Å². The molecule has 0 bridgehead atoms. The number of carbonyl (C=O) groups excluding carboxylic acids is 1. The van der Waals surface area contributed by atoms with Crippen LogP contribution in [0.5, 0.6) is 17.2 Å². The summed E-state index contributed by atoms with van der Waals surface area (Å²) in [6.45, 7) is 19.8. The zero-order chi connectivity index (χ0) is 30.7. The summed E-state index contributed by atoms with van der Waals surface area (Å²) in [5.41, 5.74) is 1.33. The summed E-state index contributed by atoms with van der Waals surface area (Å²) in [4.78, 5) is 12.7. The van der Waals surface area contributed by atoms with E-state index < -0.39 is 8.32 Å². The summed E-state index contributed by atoms with van der Waals surface area (Å²) in [7, 11) is -2.15. The van der Waals surface area contributed by atoms with Crippen LogP contribution in [0, 0.1) is 0 Å². The van der Waals surface area contributed by atoms with Gasteiger partial charge in [-0.2, -0.15) is 0 Å². The SMILES string of the molecule is CC/C=C\C/C=C\C/C=C\CCCCCCCC(=O)Oc1cc(OC(C)C)cc(O[Si](C(C)C)(C(C)C)C(C)C)c1. The highest BCUT2D eigenvalue weighted by molar-refractivity contribution is 6.78. The Morgan fingerprint density at radius 1 is 0.683 bits per heavy atom. The third-order valence-electron chi connectivity index (χ3n) is 7.49. The smallest absolute Gasteiger partial charge is 0.311 e. The number of unbranched alkanes of at least 4 members (excludes halogenated alkanes) is 5. The summed E-state index contributed by atoms with van der Waals surface area (Å²) >= 11 is 0. The topological polar surface area (TPSA) is 44.8 Å². The molecule has 0 N–H and O–H groups in total. The van der Waals surface area contributed by atoms with Crippen molar-refractivity contribution in [3.05, 3.63) is 54.7 Å². The van der Waals surface area contributed by atoms with Gasteiger partial charge in [-0.3, -0.25) is 4.79 Å². The van der Waals surface area contributed by atoms with E-state index in [0.29, 0.717) is 34.5 Å². The van der Waals surface area contributed by atoms with E-state index in [1.807, 2.05) is 26.0 Å². The first-order chi connectivity index (χ1) is 19.5. The van der Waals surface area contributed by atoms with Crippen LogP contribution in [-0.2, 0) is 4.79 Å². The third kappa shape index (κ3) is 14.5. The van der Waals surface area contributed by atoms with Crippen molar-refractivity contribution in [3.63, 3.8) is 0 Å². The zero-order valence-corrected chi connectivity index (χ0v) is 28.7. The predicted molar refractivity (Wildman–Crippen MR) is 179 cm³/mol. The molecule has 0 atom stereocenters. The van der Waals surface area contributed by atoms with Crippen LogP contribution in [0.3, 0.4) is 0 Å². The van der Waals surface area contributed by atoms with Gasteiger partial charge in [0.15, 0.2) is 0 Å². The minimum atomic E-state index is -2.15. The Morgan fingerprint density at radius 3 is 1.78 bits per heavy atom. The largest absolute Gasteiger partial charge is 0.543 e. The van der Waals surface area contributed by atoms with Crippen LogP contribution >= 0.6 is 0 Å². The highest BCUT2D eigenvalue weighted by Gasteiger charge is 2.47. The lowest BCUT2D eigenvalue weighted by molar-refractivity contribution is -0.134. The fourth-order valence-electron chi connectivity index (χ4n) is 5.63. The number of benzene rings is 1. The van der Waals surface area contributed by atoms with Crippen molar-refractivity contribution in [2.45, 2.75) is 149 Å². The van der Waals surface area contributed by atoms with Gasteiger partial charge in [0.1, 0.15) is 17.2 Å². The van der Waals surface area contributed by atoms with Crippen LogP contribution in [0.4, 0.5) is 0 Å². The van der Waals surface area contributed by atoms with E-state index in [2.05, 4.69) is 84.9 Å². The molecule has 0 spiro atoms. The third-order valence-corrected chi connectivity index (χ3v) is 13.5. The number of esters is 1. The molecule has 1 rings (SSSR count). The van der Waals surface area contributed by atoms with E-state index in [0.717, 1.165) is 50.7 Å². The van der Waals surface area contributed by atoms with Gasteiger partial charge in [-0.05, 0) is 69.0 Å². The Balaban J connectivity index is 2.56. The number of allylic oxidation sites excluding steroid dienone is 6. The monoisotopic (exact) mass is 584 g/mol. The molecule has 0 fully saturated rings. The van der Waals surface area contributed by atoms with Crippen LogP contribution in [0.1, 0.15) is 127 Å². The molecule has 232 valence electrons. The van der Waals surface area contributed by atoms with Gasteiger partial charge < -0.3 is 13.9 Å². The van der Waals surface area contributed by atoms with E-state index in [4.69, 9.17) is 13.9 Å². The maximum atomic E-state index is 12.7. The van der Waals surface area contributed by atoms with E-state index in [1.165, 1.54) is 12.8 Å². The molecule has 5 heteroatoms. The van der Waals surface area contributed by atoms with Crippen LogP contribution in [0.2, 0.25) is 16.6 Å². The molecule has 0 aliphatic carbocycles. The molecule has 0 amide bonds. The first-order valence-electron chi connectivity index (χ1n) is 16.2. The predicted octanol–water partition coefficient (Wildman–Crippen LogP) is 11.5. The average Bonchev–Trinajstić information content (AvgIpc) is 2.88. The minimum Gasteiger partial charge on any atom is -0.543 e. The van der Waals surface area contributed by atoms with Gasteiger partial charge in [-0.15, -0.1) is 0 Å². The fourth-order valence-corrected chi connectivity index (χ4v) is 10.9. The lowest BCUT2D eigenvalue weighted by Gasteiger charge is -2.42. The highest BCUT2D eigenvalue weighted by Crippen LogP contribution is 2.44. The molecule has 0 unspecified atom stereocenters. The van der Waals surface area contributed by atoms with Gasteiger partial charge in [0.05, 0.1) is 6.10 Å². The minimum absolute atomic E-state index is 0.0152. The molecule has 0 aromatic heterocycles. The molecule has 0 aliphatic rings. The standard InChI is InChI=1S/C36H60O4Si/c1-10-11-12-13-14-15-16-17-18-19-20-21-22-23-24-25-36(37)39-34-26-33(38-29(2)3)27-35(28-34)40-41(30(4)5,31(6)7)32(8)9/h11-12,14-15,17-18,26-32H,10,13,16,19-25H2,1-9H3/b12-11-,15-14-,18-17-. The quantitative estimate of drug-likeness (QED) is 0.0474. The maximum Gasteiger partial charge on any atom is 0.311 e. The highest BCUT2D eigenvalue weighted by atomic mass is 28.4. The molecular weight excluding hydrogens is 524 g/mol. The lowest BCUT2D eigenvalue weighted by atomic mass is 10.1. The number of carbonyl (C=O) groups is 1. The Labute approximate surface area is 253 Å². The molecule has 1 aromatic carbocycles. The number of rotatable bonds is 21. The lowest BCUT2D eigenvalue weighted by Crippen LogP contribution is -2.50. The second kappa shape index (κ2) is 20.6. The summed E-state index contributed by atoms with van der Waals surface area (Å²) in [6.07, 6.45) is 23.6. The van der Waals surface area contributed by atoms with Crippen molar-refractivity contribution in [1.29, 1.82) is 0 Å². The summed E-state index contributed by atoms with van der Waals surface area (Å²) in [5.74, 6) is 1.72. The Bertz CT molecular complexity index is 921. The summed E-state index contributed by atoms with van der Waals surface area (Å²) < 4.78 is 18.7. The molecule has 4 nitrogen and oxygen atoms in total. The molecule has 0 saturated carbocycles. The molecule has 1 aromatic rings. The van der Waals surface area contributed by atoms with E-state index >= 15 is 0 Å². The maximum absolute atomic E-state index is 12.7. The van der Waals surface area contributed by atoms with Crippen LogP contribution < -0.4 is 13.9 Å². The fraction of sp³-hybridized carbons (Fsp3) is 0.639. The molecule has 41 heavy (non-hydrogen) atoms. The Hall–Kier alpha value is -2.27. The summed E-state index contributed by atoms with van der Waals surface area (Å²) in [5, 5.41) is 0. The molecule has 0 saturated heterocycles. The Morgan fingerprint density at radius 2 is 1.20 bits per heavy atom. The van der Waals surface area contributed by atoms with Crippen molar-refractivity contribution >= 4 is 14.3 Å². The van der Waals surface area contributed by atoms with Gasteiger partial charge in [0, 0.05) is 24.6 Å². The van der Waals surface area contributed by atoms with E-state index in [9.17, 15) is 4.79 Å². The van der Waals surface area contributed by atoms with E-state index in [-0.39, 0.29) is 12.1 Å². The summed E-state index contributed by atoms with van der Waals surface area (Å²) in [6, 6.07) is 5.62. The van der Waals surface area contributed by atoms with E-state index in [1.54, 1.807) is 6.07 Å². The van der Waals surface area contributed by atoms with Crippen molar-refractivity contribution < 1.29 is 18.7 Å². The molecule has 0 radical (unpaired) electrons. The normalized spacial score (nSPS) is 12.7. The van der Waals surface area contributed by atoms with Gasteiger partial charge in [0.25, 0.3) is 8.32 Å².